The Hall–Kier alpha value is -0.170. The van der Waals surface area contributed by atoms with Gasteiger partial charge >= 0.3 is 0 Å². The van der Waals surface area contributed by atoms with Crippen molar-refractivity contribution < 1.29 is 18.1 Å². The maximum Gasteiger partial charge on any atom is 0.264 e. The van der Waals surface area contributed by atoms with Gasteiger partial charge in [0.2, 0.25) is 0 Å². The predicted molar refractivity (Wildman–Crippen MR) is 50.2 cm³/mol. The fourth-order valence-corrected chi connectivity index (χ4v) is 1.26. The Morgan fingerprint density at radius 2 is 1.92 bits per heavy atom. The van der Waals surface area contributed by atoms with Crippen LogP contribution in [0.15, 0.2) is 0 Å². The molecule has 0 aliphatic rings. The van der Waals surface area contributed by atoms with Crippen molar-refractivity contribution in [1.29, 1.82) is 0 Å². The third kappa shape index (κ3) is 8.17. The molecule has 0 aromatic carbocycles. The van der Waals surface area contributed by atoms with Crippen molar-refractivity contribution in [2.24, 2.45) is 0 Å². The van der Waals surface area contributed by atoms with Crippen LogP contribution in [0.2, 0.25) is 0 Å². The molecule has 0 amide bonds. The third-order valence-corrected chi connectivity index (χ3v) is 2.57. The highest BCUT2D eigenvalue weighted by Crippen LogP contribution is 1.92. The van der Waals surface area contributed by atoms with Gasteiger partial charge in [0.25, 0.3) is 10.1 Å². The molecular formula is C7H17NO4S. The summed E-state index contributed by atoms with van der Waals surface area (Å²) in [6.45, 7) is 3.92. The SMILES string of the molecule is CC(O)C(C)NCCCS(=O)(=O)O. The van der Waals surface area contributed by atoms with Crippen molar-refractivity contribution in [3.8, 4) is 0 Å². The fourth-order valence-electron chi connectivity index (χ4n) is 0.755. The first-order valence-electron chi connectivity index (χ1n) is 4.19. The Morgan fingerprint density at radius 3 is 2.31 bits per heavy atom. The summed E-state index contributed by atoms with van der Waals surface area (Å²) < 4.78 is 29.0. The van der Waals surface area contributed by atoms with Crippen LogP contribution in [0.3, 0.4) is 0 Å². The second-order valence-corrected chi connectivity index (χ2v) is 4.70. The molecule has 80 valence electrons. The molecule has 6 heteroatoms. The molecule has 0 rings (SSSR count). The van der Waals surface area contributed by atoms with Crippen LogP contribution in [0.1, 0.15) is 20.3 Å². The number of hydrogen-bond donors (Lipinski definition) is 3. The highest BCUT2D eigenvalue weighted by Gasteiger charge is 2.08. The molecule has 0 bridgehead atoms. The Balaban J connectivity index is 3.47. The molecule has 0 aromatic heterocycles. The molecule has 0 heterocycles. The van der Waals surface area contributed by atoms with E-state index in [2.05, 4.69) is 5.32 Å². The van der Waals surface area contributed by atoms with E-state index in [-0.39, 0.29) is 11.8 Å². The summed E-state index contributed by atoms with van der Waals surface area (Å²) in [4.78, 5) is 0. The zero-order chi connectivity index (χ0) is 10.5. The highest BCUT2D eigenvalue weighted by molar-refractivity contribution is 7.85. The van der Waals surface area contributed by atoms with Gasteiger partial charge in [-0.2, -0.15) is 8.42 Å². The van der Waals surface area contributed by atoms with Gasteiger partial charge in [-0.25, -0.2) is 0 Å². The van der Waals surface area contributed by atoms with E-state index >= 15 is 0 Å². The Labute approximate surface area is 78.9 Å². The van der Waals surface area contributed by atoms with Crippen LogP contribution < -0.4 is 5.32 Å². The zero-order valence-electron chi connectivity index (χ0n) is 7.90. The van der Waals surface area contributed by atoms with Crippen LogP contribution in [0, 0.1) is 0 Å². The van der Waals surface area contributed by atoms with Gasteiger partial charge in [0.15, 0.2) is 0 Å². The molecule has 0 aromatic rings. The van der Waals surface area contributed by atoms with E-state index < -0.39 is 16.2 Å². The number of aliphatic hydroxyl groups is 1. The van der Waals surface area contributed by atoms with Gasteiger partial charge in [0.1, 0.15) is 0 Å². The summed E-state index contributed by atoms with van der Waals surface area (Å²) in [6.07, 6.45) is -0.124. The van der Waals surface area contributed by atoms with E-state index in [4.69, 9.17) is 9.66 Å². The molecule has 0 saturated heterocycles. The summed E-state index contributed by atoms with van der Waals surface area (Å²) >= 11 is 0. The molecule has 3 N–H and O–H groups in total. The second kappa shape index (κ2) is 5.54. The van der Waals surface area contributed by atoms with Gasteiger partial charge in [-0.3, -0.25) is 4.55 Å². The highest BCUT2D eigenvalue weighted by atomic mass is 32.2. The van der Waals surface area contributed by atoms with Crippen molar-refractivity contribution in [2.75, 3.05) is 12.3 Å². The molecule has 0 radical (unpaired) electrons. The Kier molecular flexibility index (Phi) is 5.46. The first kappa shape index (κ1) is 12.8. The molecule has 0 saturated carbocycles. The largest absolute Gasteiger partial charge is 0.392 e. The lowest BCUT2D eigenvalue weighted by Gasteiger charge is -2.15. The van der Waals surface area contributed by atoms with E-state index in [9.17, 15) is 8.42 Å². The molecule has 0 fully saturated rings. The van der Waals surface area contributed by atoms with Gasteiger partial charge in [-0.1, -0.05) is 0 Å². The average Bonchev–Trinajstić information content (AvgIpc) is 1.95. The summed E-state index contributed by atoms with van der Waals surface area (Å²) in [6, 6.07) is -0.0682. The van der Waals surface area contributed by atoms with Crippen molar-refractivity contribution in [2.45, 2.75) is 32.4 Å². The first-order chi connectivity index (χ1) is 5.83. The smallest absolute Gasteiger partial charge is 0.264 e. The Bertz CT molecular complexity index is 225. The summed E-state index contributed by atoms with van der Waals surface area (Å²) in [5.41, 5.74) is 0. The lowest BCUT2D eigenvalue weighted by molar-refractivity contribution is 0.153. The first-order valence-corrected chi connectivity index (χ1v) is 5.80. The molecule has 2 unspecified atom stereocenters. The summed E-state index contributed by atoms with van der Waals surface area (Å²) in [7, 11) is -3.84. The standard InChI is InChI=1S/C7H17NO4S/c1-6(7(2)9)8-4-3-5-13(10,11)12/h6-9H,3-5H2,1-2H3,(H,10,11,12). The lowest BCUT2D eigenvalue weighted by Crippen LogP contribution is -2.36. The van der Waals surface area contributed by atoms with E-state index in [0.717, 1.165) is 0 Å². The second-order valence-electron chi connectivity index (χ2n) is 3.12. The normalized spacial score (nSPS) is 16.9. The topological polar surface area (TPSA) is 86.6 Å². The molecule has 0 spiro atoms. The molecule has 13 heavy (non-hydrogen) atoms. The average molecular weight is 211 g/mol. The van der Waals surface area contributed by atoms with Crippen molar-refractivity contribution in [3.05, 3.63) is 0 Å². The van der Waals surface area contributed by atoms with Crippen molar-refractivity contribution in [3.63, 3.8) is 0 Å². The number of aliphatic hydroxyl groups excluding tert-OH is 1. The van der Waals surface area contributed by atoms with Crippen LogP contribution in [0.4, 0.5) is 0 Å². The summed E-state index contributed by atoms with van der Waals surface area (Å²) in [5, 5.41) is 12.0. The van der Waals surface area contributed by atoms with Crippen LogP contribution in [-0.4, -0.2) is 42.5 Å². The zero-order valence-corrected chi connectivity index (χ0v) is 8.71. The van der Waals surface area contributed by atoms with E-state index in [1.165, 1.54) is 0 Å². The third-order valence-electron chi connectivity index (χ3n) is 1.77. The minimum atomic E-state index is -3.84. The maximum atomic E-state index is 10.3. The number of hydrogen-bond acceptors (Lipinski definition) is 4. The van der Waals surface area contributed by atoms with Gasteiger partial charge in [0, 0.05) is 6.04 Å². The minimum Gasteiger partial charge on any atom is -0.392 e. The number of nitrogens with one attached hydrogen (secondary N) is 1. The van der Waals surface area contributed by atoms with E-state index in [0.29, 0.717) is 13.0 Å². The van der Waals surface area contributed by atoms with Crippen molar-refractivity contribution in [1.82, 2.24) is 5.32 Å². The minimum absolute atomic E-state index is 0.0682. The predicted octanol–water partition coefficient (Wildman–Crippen LogP) is -0.377. The maximum absolute atomic E-state index is 10.3. The van der Waals surface area contributed by atoms with E-state index in [1.54, 1.807) is 13.8 Å². The molecule has 0 aliphatic heterocycles. The fraction of sp³-hybridized carbons (Fsp3) is 1.00. The molecular weight excluding hydrogens is 194 g/mol. The van der Waals surface area contributed by atoms with Crippen LogP contribution in [0.5, 0.6) is 0 Å². The lowest BCUT2D eigenvalue weighted by atomic mass is 10.2. The van der Waals surface area contributed by atoms with Gasteiger partial charge < -0.3 is 10.4 Å². The summed E-state index contributed by atoms with van der Waals surface area (Å²) in [5.74, 6) is -0.244. The molecule has 0 aliphatic carbocycles. The molecule has 2 atom stereocenters. The Morgan fingerprint density at radius 1 is 1.38 bits per heavy atom. The van der Waals surface area contributed by atoms with Crippen LogP contribution in [-0.2, 0) is 10.1 Å². The quantitative estimate of drug-likeness (QED) is 0.412. The molecule has 5 nitrogen and oxygen atoms in total. The van der Waals surface area contributed by atoms with E-state index in [1.807, 2.05) is 0 Å². The van der Waals surface area contributed by atoms with Gasteiger partial charge in [-0.15, -0.1) is 0 Å². The van der Waals surface area contributed by atoms with Gasteiger partial charge in [-0.05, 0) is 26.8 Å². The van der Waals surface area contributed by atoms with Crippen LogP contribution >= 0.6 is 0 Å². The van der Waals surface area contributed by atoms with Gasteiger partial charge in [0.05, 0.1) is 11.9 Å². The number of rotatable bonds is 6. The van der Waals surface area contributed by atoms with Crippen molar-refractivity contribution >= 4 is 10.1 Å². The van der Waals surface area contributed by atoms with Crippen LogP contribution in [0.25, 0.3) is 0 Å². The monoisotopic (exact) mass is 211 g/mol.